The minimum absolute atomic E-state index is 0.232. The Labute approximate surface area is 191 Å². The predicted molar refractivity (Wildman–Crippen MR) is 120 cm³/mol. The first-order valence-electron chi connectivity index (χ1n) is 9.21. The lowest BCUT2D eigenvalue weighted by atomic mass is 10.2. The van der Waals surface area contributed by atoms with E-state index in [1.165, 1.54) is 7.11 Å². The van der Waals surface area contributed by atoms with Crippen LogP contribution in [-0.4, -0.2) is 27.6 Å². The molecule has 0 saturated heterocycles. The van der Waals surface area contributed by atoms with Crippen LogP contribution in [0.15, 0.2) is 59.1 Å². The molecule has 4 aromatic rings. The van der Waals surface area contributed by atoms with Crippen molar-refractivity contribution >= 4 is 44.5 Å². The van der Waals surface area contributed by atoms with Gasteiger partial charge < -0.3 is 18.8 Å². The van der Waals surface area contributed by atoms with Crippen molar-refractivity contribution in [3.8, 4) is 17.4 Å². The van der Waals surface area contributed by atoms with Gasteiger partial charge in [-0.05, 0) is 52.3 Å². The Morgan fingerprint density at radius 1 is 1.10 bits per heavy atom. The SMILES string of the molecule is COC(=O)c1cccc(OCc2nc3ccc(Oc4ccc(Br)c(Cl)n4)cc3n2C)c1. The molecule has 2 aromatic carbocycles. The molecule has 0 radical (unpaired) electrons. The fraction of sp³-hybridized carbons (Fsp3) is 0.136. The molecule has 2 aromatic heterocycles. The summed E-state index contributed by atoms with van der Waals surface area (Å²) < 4.78 is 19.0. The van der Waals surface area contributed by atoms with Crippen LogP contribution in [0.5, 0.6) is 17.4 Å². The van der Waals surface area contributed by atoms with Crippen LogP contribution in [0.1, 0.15) is 16.2 Å². The second-order valence-corrected chi connectivity index (χ2v) is 7.78. The molecule has 0 saturated carbocycles. The zero-order valence-corrected chi connectivity index (χ0v) is 19.0. The topological polar surface area (TPSA) is 75.5 Å². The highest BCUT2D eigenvalue weighted by atomic mass is 79.9. The van der Waals surface area contributed by atoms with Gasteiger partial charge in [0.1, 0.15) is 29.1 Å². The normalized spacial score (nSPS) is 10.8. The smallest absolute Gasteiger partial charge is 0.337 e. The Hall–Kier alpha value is -3.10. The van der Waals surface area contributed by atoms with Crippen molar-refractivity contribution in [2.45, 2.75) is 6.61 Å². The molecule has 2 heterocycles. The number of aryl methyl sites for hydroxylation is 1. The zero-order valence-electron chi connectivity index (χ0n) is 16.6. The molecule has 31 heavy (non-hydrogen) atoms. The van der Waals surface area contributed by atoms with E-state index in [-0.39, 0.29) is 6.61 Å². The third kappa shape index (κ3) is 4.65. The third-order valence-electron chi connectivity index (χ3n) is 4.57. The molecule has 0 amide bonds. The lowest BCUT2D eigenvalue weighted by Crippen LogP contribution is -2.05. The standard InChI is InChI=1S/C22H17BrClN3O4/c1-27-18-11-15(31-20-9-7-16(23)21(24)26-20)6-8-17(18)25-19(27)12-30-14-5-3-4-13(10-14)22(28)29-2/h3-11H,12H2,1-2H3. The Balaban J connectivity index is 1.53. The van der Waals surface area contributed by atoms with Crippen molar-refractivity contribution in [2.24, 2.45) is 7.05 Å². The van der Waals surface area contributed by atoms with Gasteiger partial charge in [0.25, 0.3) is 0 Å². The number of hydrogen-bond donors (Lipinski definition) is 0. The molecule has 4 rings (SSSR count). The fourth-order valence-electron chi connectivity index (χ4n) is 2.97. The molecular formula is C22H17BrClN3O4. The second kappa shape index (κ2) is 8.95. The highest BCUT2D eigenvalue weighted by Crippen LogP contribution is 2.28. The molecule has 0 spiro atoms. The summed E-state index contributed by atoms with van der Waals surface area (Å²) in [5.74, 6) is 1.86. The van der Waals surface area contributed by atoms with Gasteiger partial charge in [-0.1, -0.05) is 17.7 Å². The van der Waals surface area contributed by atoms with E-state index in [2.05, 4.69) is 25.9 Å². The van der Waals surface area contributed by atoms with E-state index in [4.69, 9.17) is 25.8 Å². The second-order valence-electron chi connectivity index (χ2n) is 6.57. The van der Waals surface area contributed by atoms with Gasteiger partial charge in [-0.25, -0.2) is 14.8 Å². The summed E-state index contributed by atoms with van der Waals surface area (Å²) in [4.78, 5) is 20.5. The first-order valence-corrected chi connectivity index (χ1v) is 10.4. The van der Waals surface area contributed by atoms with Crippen LogP contribution in [0.3, 0.4) is 0 Å². The highest BCUT2D eigenvalue weighted by molar-refractivity contribution is 9.10. The summed E-state index contributed by atoms with van der Waals surface area (Å²) in [7, 11) is 3.24. The summed E-state index contributed by atoms with van der Waals surface area (Å²) in [6.45, 7) is 0.232. The van der Waals surface area contributed by atoms with Gasteiger partial charge in [-0.3, -0.25) is 0 Å². The quantitative estimate of drug-likeness (QED) is 0.254. The number of hydrogen-bond acceptors (Lipinski definition) is 6. The van der Waals surface area contributed by atoms with Crippen molar-refractivity contribution in [2.75, 3.05) is 7.11 Å². The minimum Gasteiger partial charge on any atom is -0.486 e. The van der Waals surface area contributed by atoms with Gasteiger partial charge in [0.15, 0.2) is 0 Å². The lowest BCUT2D eigenvalue weighted by Gasteiger charge is -2.08. The maximum Gasteiger partial charge on any atom is 0.337 e. The molecule has 7 nitrogen and oxygen atoms in total. The zero-order chi connectivity index (χ0) is 22.0. The third-order valence-corrected chi connectivity index (χ3v) is 5.72. The molecule has 158 valence electrons. The number of rotatable bonds is 6. The highest BCUT2D eigenvalue weighted by Gasteiger charge is 2.12. The Bertz CT molecular complexity index is 1280. The maximum atomic E-state index is 11.7. The maximum absolute atomic E-state index is 11.7. The number of halogens is 2. The number of nitrogens with zero attached hydrogens (tertiary/aromatic N) is 3. The summed E-state index contributed by atoms with van der Waals surface area (Å²) in [6.07, 6.45) is 0. The van der Waals surface area contributed by atoms with E-state index in [9.17, 15) is 4.79 Å². The number of imidazole rings is 1. The average Bonchev–Trinajstić information content (AvgIpc) is 3.09. The Morgan fingerprint density at radius 3 is 2.71 bits per heavy atom. The number of pyridine rings is 1. The van der Waals surface area contributed by atoms with E-state index in [1.54, 1.807) is 36.4 Å². The molecule has 0 fully saturated rings. The van der Waals surface area contributed by atoms with Gasteiger partial charge >= 0.3 is 5.97 Å². The number of esters is 1. The number of aromatic nitrogens is 3. The number of carbonyl (C=O) groups is 1. The lowest BCUT2D eigenvalue weighted by molar-refractivity contribution is 0.0600. The van der Waals surface area contributed by atoms with Crippen molar-refractivity contribution in [3.05, 3.63) is 75.6 Å². The number of benzene rings is 2. The van der Waals surface area contributed by atoms with Gasteiger partial charge in [0, 0.05) is 19.2 Å². The van der Waals surface area contributed by atoms with Crippen LogP contribution >= 0.6 is 27.5 Å². The predicted octanol–water partition coefficient (Wildman–Crippen LogP) is 5.54. The van der Waals surface area contributed by atoms with Crippen LogP contribution in [0.2, 0.25) is 5.15 Å². The van der Waals surface area contributed by atoms with Crippen LogP contribution in [0, 0.1) is 0 Å². The summed E-state index contributed by atoms with van der Waals surface area (Å²) in [5, 5.41) is 0.329. The molecule has 0 bridgehead atoms. The molecule has 0 N–H and O–H groups in total. The first-order chi connectivity index (χ1) is 14.9. The van der Waals surface area contributed by atoms with Crippen LogP contribution < -0.4 is 9.47 Å². The van der Waals surface area contributed by atoms with Crippen molar-refractivity contribution < 1.29 is 19.0 Å². The van der Waals surface area contributed by atoms with Crippen LogP contribution in [0.4, 0.5) is 0 Å². The summed E-state index contributed by atoms with van der Waals surface area (Å²) in [6, 6.07) is 15.9. The molecule has 0 atom stereocenters. The van der Waals surface area contributed by atoms with Crippen molar-refractivity contribution in [1.29, 1.82) is 0 Å². The van der Waals surface area contributed by atoms with Crippen LogP contribution in [-0.2, 0) is 18.4 Å². The van der Waals surface area contributed by atoms with E-state index in [0.717, 1.165) is 16.9 Å². The minimum atomic E-state index is -0.415. The molecule has 0 aliphatic carbocycles. The summed E-state index contributed by atoms with van der Waals surface area (Å²) in [5.41, 5.74) is 2.11. The molecule has 9 heteroatoms. The van der Waals surface area contributed by atoms with E-state index >= 15 is 0 Å². The monoisotopic (exact) mass is 501 g/mol. The largest absolute Gasteiger partial charge is 0.486 e. The molecular weight excluding hydrogens is 486 g/mol. The fourth-order valence-corrected chi connectivity index (χ4v) is 3.34. The molecule has 0 aliphatic heterocycles. The first kappa shape index (κ1) is 21.1. The van der Waals surface area contributed by atoms with E-state index in [1.807, 2.05) is 29.8 Å². The van der Waals surface area contributed by atoms with Crippen molar-refractivity contribution in [3.63, 3.8) is 0 Å². The number of methoxy groups -OCH3 is 1. The van der Waals surface area contributed by atoms with Crippen molar-refractivity contribution in [1.82, 2.24) is 14.5 Å². The Morgan fingerprint density at radius 2 is 1.94 bits per heavy atom. The number of ether oxygens (including phenoxy) is 3. The van der Waals surface area contributed by atoms with Gasteiger partial charge in [-0.2, -0.15) is 0 Å². The average molecular weight is 503 g/mol. The number of carbonyl (C=O) groups excluding carboxylic acids is 1. The summed E-state index contributed by atoms with van der Waals surface area (Å²) >= 11 is 9.34. The van der Waals surface area contributed by atoms with E-state index in [0.29, 0.717) is 32.6 Å². The van der Waals surface area contributed by atoms with Gasteiger partial charge in [-0.15, -0.1) is 0 Å². The van der Waals surface area contributed by atoms with E-state index < -0.39 is 5.97 Å². The van der Waals surface area contributed by atoms with Gasteiger partial charge in [0.05, 0.1) is 28.2 Å². The van der Waals surface area contributed by atoms with Crippen LogP contribution in [0.25, 0.3) is 11.0 Å². The molecule has 0 unspecified atom stereocenters. The molecule has 0 aliphatic rings. The van der Waals surface area contributed by atoms with Gasteiger partial charge in [0.2, 0.25) is 5.88 Å². The number of fused-ring (bicyclic) bond motifs is 1. The Kier molecular flexibility index (Phi) is 6.11.